The van der Waals surface area contributed by atoms with Crippen LogP contribution in [0, 0.1) is 29.6 Å². The van der Waals surface area contributed by atoms with E-state index in [-0.39, 0.29) is 29.8 Å². The summed E-state index contributed by atoms with van der Waals surface area (Å²) in [5, 5.41) is 4.03. The average molecular weight is 485 g/mol. The Balaban J connectivity index is 1.09. The normalized spacial score (nSPS) is 38.0. The minimum absolute atomic E-state index is 0.0710. The zero-order chi connectivity index (χ0) is 22.6. The van der Waals surface area contributed by atoms with Gasteiger partial charge in [0.1, 0.15) is 6.10 Å². The number of hydrogen-bond donors (Lipinski definition) is 1. The van der Waals surface area contributed by atoms with Gasteiger partial charge in [-0.1, -0.05) is 0 Å². The van der Waals surface area contributed by atoms with Gasteiger partial charge in [0.15, 0.2) is 23.3 Å². The maximum absolute atomic E-state index is 6.67. The fourth-order valence-electron chi connectivity index (χ4n) is 7.15. The number of fused-ring (bicyclic) bond motifs is 4. The number of nitrogens with zero attached hydrogens (tertiary/aromatic N) is 5. The van der Waals surface area contributed by atoms with Gasteiger partial charge in [-0.2, -0.15) is 9.97 Å². The van der Waals surface area contributed by atoms with Crippen LogP contribution in [0.25, 0.3) is 11.2 Å². The van der Waals surface area contributed by atoms with Crippen LogP contribution in [-0.2, 0) is 9.47 Å². The number of rotatable bonds is 6. The van der Waals surface area contributed by atoms with E-state index < -0.39 is 0 Å². The monoisotopic (exact) mass is 484 g/mol. The zero-order valence-corrected chi connectivity index (χ0v) is 20.4. The average Bonchev–Trinajstić information content (AvgIpc) is 3.75. The van der Waals surface area contributed by atoms with Crippen LogP contribution >= 0.6 is 11.6 Å². The van der Waals surface area contributed by atoms with Crippen LogP contribution in [0.5, 0.6) is 0 Å². The topological polar surface area (TPSA) is 77.3 Å². The first-order chi connectivity index (χ1) is 16.6. The zero-order valence-electron chi connectivity index (χ0n) is 19.6. The van der Waals surface area contributed by atoms with Crippen molar-refractivity contribution in [2.24, 2.45) is 29.6 Å². The van der Waals surface area contributed by atoms with Gasteiger partial charge in [-0.25, -0.2) is 4.98 Å². The Bertz CT molecular complexity index is 1100. The highest BCUT2D eigenvalue weighted by Crippen LogP contribution is 2.62. The minimum atomic E-state index is -0.0733. The standard InChI is InChI=1S/C25H33ClN6O2/c1-31-8-6-14(7-9-31)24-33-20-16-10-15(16)19(21(20)34-24)32-11-27-18-22(29-25(26)30-23(18)32)28-17(12-2-3-12)13-4-5-13/h11-17,19-21,24H,2-10H2,1H3,(H,28,29,30)/t15-,16+,19?,20?,21?,24?/m0/s1. The van der Waals surface area contributed by atoms with Crippen molar-refractivity contribution in [3.63, 3.8) is 0 Å². The molecular formula is C25H33ClN6O2. The van der Waals surface area contributed by atoms with Gasteiger partial charge >= 0.3 is 0 Å². The van der Waals surface area contributed by atoms with E-state index in [2.05, 4.69) is 31.8 Å². The lowest BCUT2D eigenvalue weighted by molar-refractivity contribution is -0.125. The number of halogens is 1. The van der Waals surface area contributed by atoms with Crippen molar-refractivity contribution in [2.45, 2.75) is 75.5 Å². The molecule has 34 heavy (non-hydrogen) atoms. The number of imidazole rings is 1. The summed E-state index contributed by atoms with van der Waals surface area (Å²) in [4.78, 5) is 16.5. The third-order valence-electron chi connectivity index (χ3n) is 9.42. The van der Waals surface area contributed by atoms with Crippen molar-refractivity contribution in [3.05, 3.63) is 11.6 Å². The molecule has 4 heterocycles. The molecule has 6 aliphatic rings. The molecule has 2 aromatic rings. The molecule has 0 bridgehead atoms. The number of ether oxygens (including phenoxy) is 2. The second kappa shape index (κ2) is 7.51. The number of piperidine rings is 1. The van der Waals surface area contributed by atoms with E-state index in [4.69, 9.17) is 26.1 Å². The highest BCUT2D eigenvalue weighted by molar-refractivity contribution is 6.28. The van der Waals surface area contributed by atoms with E-state index in [9.17, 15) is 0 Å². The van der Waals surface area contributed by atoms with Crippen molar-refractivity contribution in [3.8, 4) is 0 Å². The highest BCUT2D eigenvalue weighted by atomic mass is 35.5. The Morgan fingerprint density at radius 1 is 1.00 bits per heavy atom. The quantitative estimate of drug-likeness (QED) is 0.626. The molecule has 6 atom stereocenters. The molecule has 8 nitrogen and oxygen atoms in total. The molecule has 0 aromatic carbocycles. The number of nitrogens with one attached hydrogen (secondary N) is 1. The Labute approximate surface area is 204 Å². The fraction of sp³-hybridized carbons (Fsp3) is 0.800. The van der Waals surface area contributed by atoms with Crippen LogP contribution in [0.15, 0.2) is 6.33 Å². The Morgan fingerprint density at radius 3 is 2.47 bits per heavy atom. The van der Waals surface area contributed by atoms with Gasteiger partial charge in [0.05, 0.1) is 18.5 Å². The van der Waals surface area contributed by atoms with Crippen LogP contribution in [0.3, 0.4) is 0 Å². The third-order valence-corrected chi connectivity index (χ3v) is 9.59. The molecule has 4 unspecified atom stereocenters. The summed E-state index contributed by atoms with van der Waals surface area (Å²) >= 11 is 6.46. The summed E-state index contributed by atoms with van der Waals surface area (Å²) < 4.78 is 15.5. The van der Waals surface area contributed by atoms with E-state index in [1.54, 1.807) is 0 Å². The molecule has 4 saturated carbocycles. The van der Waals surface area contributed by atoms with Crippen LogP contribution in [-0.4, -0.2) is 69.1 Å². The molecule has 2 saturated heterocycles. The lowest BCUT2D eigenvalue weighted by Gasteiger charge is -2.32. The first-order valence-electron chi connectivity index (χ1n) is 13.3. The second-order valence-corrected chi connectivity index (χ2v) is 12.1. The first kappa shape index (κ1) is 20.7. The van der Waals surface area contributed by atoms with Gasteiger partial charge in [-0.05, 0) is 100 Å². The van der Waals surface area contributed by atoms with Crippen molar-refractivity contribution in [1.29, 1.82) is 0 Å². The van der Waals surface area contributed by atoms with Crippen LogP contribution < -0.4 is 5.32 Å². The van der Waals surface area contributed by atoms with Crippen molar-refractivity contribution in [1.82, 2.24) is 24.4 Å². The molecule has 2 aliphatic heterocycles. The molecule has 0 amide bonds. The summed E-state index contributed by atoms with van der Waals surface area (Å²) in [6.07, 6.45) is 10.9. The molecule has 4 aliphatic carbocycles. The van der Waals surface area contributed by atoms with Crippen LogP contribution in [0.2, 0.25) is 5.28 Å². The van der Waals surface area contributed by atoms with Crippen molar-refractivity contribution >= 4 is 28.6 Å². The van der Waals surface area contributed by atoms with E-state index >= 15 is 0 Å². The summed E-state index contributed by atoms with van der Waals surface area (Å²) in [6, 6.07) is 0.697. The number of hydrogen-bond acceptors (Lipinski definition) is 7. The summed E-state index contributed by atoms with van der Waals surface area (Å²) in [5.41, 5.74) is 1.66. The molecular weight excluding hydrogens is 452 g/mol. The molecule has 2 aromatic heterocycles. The van der Waals surface area contributed by atoms with E-state index in [1.807, 2.05) is 6.33 Å². The fourth-order valence-corrected chi connectivity index (χ4v) is 7.32. The van der Waals surface area contributed by atoms with Gasteiger partial charge in [0.25, 0.3) is 0 Å². The second-order valence-electron chi connectivity index (χ2n) is 11.8. The Kier molecular flexibility index (Phi) is 4.57. The minimum Gasteiger partial charge on any atom is -0.365 e. The van der Waals surface area contributed by atoms with Gasteiger partial charge in [0.2, 0.25) is 5.28 Å². The van der Waals surface area contributed by atoms with Gasteiger partial charge in [-0.15, -0.1) is 0 Å². The molecule has 0 spiro atoms. The van der Waals surface area contributed by atoms with Crippen LogP contribution in [0.1, 0.15) is 51.0 Å². The Hall–Kier alpha value is -1.48. The molecule has 1 N–H and O–H groups in total. The molecule has 182 valence electrons. The third kappa shape index (κ3) is 3.32. The van der Waals surface area contributed by atoms with E-state index in [0.29, 0.717) is 23.8 Å². The molecule has 0 radical (unpaired) electrons. The summed E-state index contributed by atoms with van der Waals surface area (Å²) in [6.45, 7) is 2.25. The largest absolute Gasteiger partial charge is 0.365 e. The smallest absolute Gasteiger partial charge is 0.226 e. The van der Waals surface area contributed by atoms with Gasteiger partial charge < -0.3 is 24.3 Å². The predicted octanol–water partition coefficient (Wildman–Crippen LogP) is 3.72. The molecule has 8 rings (SSSR count). The SMILES string of the molecule is CN1CCC(C2OC3C(O2)[C@@H]2C[C@@H]2C3n2cnc3c(NC(C4CC4)C4CC4)nc(Cl)nc32)CC1. The molecule has 9 heteroatoms. The Morgan fingerprint density at radius 2 is 1.74 bits per heavy atom. The van der Waals surface area contributed by atoms with Crippen molar-refractivity contribution in [2.75, 3.05) is 25.5 Å². The summed E-state index contributed by atoms with van der Waals surface area (Å²) in [7, 11) is 2.20. The lowest BCUT2D eigenvalue weighted by atomic mass is 9.96. The summed E-state index contributed by atoms with van der Waals surface area (Å²) in [5.74, 6) is 3.98. The number of anilines is 1. The van der Waals surface area contributed by atoms with Gasteiger partial charge in [0, 0.05) is 12.0 Å². The van der Waals surface area contributed by atoms with E-state index in [0.717, 1.165) is 54.7 Å². The highest BCUT2D eigenvalue weighted by Gasteiger charge is 2.66. The van der Waals surface area contributed by atoms with Gasteiger partial charge in [-0.3, -0.25) is 0 Å². The number of aromatic nitrogens is 4. The maximum Gasteiger partial charge on any atom is 0.226 e. The van der Waals surface area contributed by atoms with Crippen molar-refractivity contribution < 1.29 is 9.47 Å². The van der Waals surface area contributed by atoms with E-state index in [1.165, 1.54) is 32.1 Å². The molecule has 6 fully saturated rings. The lowest BCUT2D eigenvalue weighted by Crippen LogP contribution is -2.36. The number of likely N-dealkylation sites (tertiary alicyclic amines) is 1. The van der Waals surface area contributed by atoms with Crippen LogP contribution in [0.4, 0.5) is 5.82 Å². The predicted molar refractivity (Wildman–Crippen MR) is 128 cm³/mol. The maximum atomic E-state index is 6.67. The first-order valence-corrected chi connectivity index (χ1v) is 13.7.